The van der Waals surface area contributed by atoms with Gasteiger partial charge in [-0.1, -0.05) is 6.07 Å². The summed E-state index contributed by atoms with van der Waals surface area (Å²) in [6.45, 7) is 3.80. The molecule has 1 fully saturated rings. The van der Waals surface area contributed by atoms with Crippen molar-refractivity contribution < 1.29 is 26.4 Å². The first-order valence-corrected chi connectivity index (χ1v) is 10.4. The number of piperazine rings is 1. The average molecular weight is 427 g/mol. The van der Waals surface area contributed by atoms with E-state index in [1.54, 1.807) is 30.9 Å². The van der Waals surface area contributed by atoms with Crippen LogP contribution in [0.3, 0.4) is 0 Å². The molecule has 29 heavy (non-hydrogen) atoms. The smallest absolute Gasteiger partial charge is 0.334 e. The molecule has 10 heteroatoms. The quantitative estimate of drug-likeness (QED) is 0.755. The molecule has 3 rings (SSSR count). The Kier molecular flexibility index (Phi) is 5.68. The Morgan fingerprint density at radius 3 is 2.34 bits per heavy atom. The second kappa shape index (κ2) is 7.75. The maximum Gasteiger partial charge on any atom is 0.416 e. The monoisotopic (exact) mass is 427 g/mol. The van der Waals surface area contributed by atoms with E-state index in [1.165, 1.54) is 10.5 Å². The first kappa shape index (κ1) is 21.3. The van der Waals surface area contributed by atoms with Crippen LogP contribution in [0.4, 0.5) is 13.2 Å². The molecule has 0 unspecified atom stereocenters. The minimum absolute atomic E-state index is 0.0438. The summed E-state index contributed by atoms with van der Waals surface area (Å²) in [4.78, 5) is 18.1. The summed E-state index contributed by atoms with van der Waals surface area (Å²) in [5.74, 6) is -0.276. The van der Waals surface area contributed by atoms with Crippen LogP contribution >= 0.6 is 0 Å². The normalized spacial score (nSPS) is 18.7. The van der Waals surface area contributed by atoms with Crippen molar-refractivity contribution >= 4 is 15.9 Å². The van der Waals surface area contributed by atoms with E-state index in [2.05, 4.69) is 4.98 Å². The van der Waals surface area contributed by atoms with Crippen LogP contribution in [-0.4, -0.2) is 54.2 Å². The Morgan fingerprint density at radius 1 is 1.14 bits per heavy atom. The third kappa shape index (κ3) is 4.27. The van der Waals surface area contributed by atoms with Gasteiger partial charge in [0.2, 0.25) is 10.0 Å². The number of hydrogen-bond acceptors (Lipinski definition) is 4. The summed E-state index contributed by atoms with van der Waals surface area (Å²) >= 11 is 0. The molecule has 156 valence electrons. The van der Waals surface area contributed by atoms with Crippen molar-refractivity contribution in [2.24, 2.45) is 0 Å². The summed E-state index contributed by atoms with van der Waals surface area (Å²) in [5.41, 5.74) is 0.134. The number of nitrogens with zero attached hydrogens (tertiary/aromatic N) is 3. The molecule has 1 aromatic heterocycles. The number of alkyl halides is 3. The van der Waals surface area contributed by atoms with Gasteiger partial charge in [0.1, 0.15) is 5.69 Å². The average Bonchev–Trinajstić information content (AvgIpc) is 2.67. The number of aryl methyl sites for hydroxylation is 1. The first-order chi connectivity index (χ1) is 13.5. The van der Waals surface area contributed by atoms with Gasteiger partial charge in [-0.05, 0) is 49.7 Å². The van der Waals surface area contributed by atoms with Gasteiger partial charge in [0.25, 0.3) is 5.91 Å². The maximum absolute atomic E-state index is 12.9. The number of benzene rings is 1. The largest absolute Gasteiger partial charge is 0.416 e. The van der Waals surface area contributed by atoms with Crippen LogP contribution in [0.15, 0.2) is 47.5 Å². The molecule has 1 amide bonds. The van der Waals surface area contributed by atoms with Gasteiger partial charge in [-0.25, -0.2) is 8.42 Å². The number of aromatic nitrogens is 1. The van der Waals surface area contributed by atoms with E-state index in [9.17, 15) is 26.4 Å². The van der Waals surface area contributed by atoms with Crippen LogP contribution in [0.5, 0.6) is 0 Å². The lowest BCUT2D eigenvalue weighted by atomic mass is 10.1. The maximum atomic E-state index is 12.9. The van der Waals surface area contributed by atoms with Crippen LogP contribution in [0.2, 0.25) is 0 Å². The second-order valence-electron chi connectivity index (χ2n) is 6.91. The molecule has 0 bridgehead atoms. The lowest BCUT2D eigenvalue weighted by Gasteiger charge is -2.38. The Morgan fingerprint density at radius 2 is 1.79 bits per heavy atom. The van der Waals surface area contributed by atoms with Gasteiger partial charge in [0.05, 0.1) is 10.5 Å². The van der Waals surface area contributed by atoms with Crippen LogP contribution in [0, 0.1) is 6.92 Å². The predicted molar refractivity (Wildman–Crippen MR) is 99.7 cm³/mol. The van der Waals surface area contributed by atoms with Crippen LogP contribution in [-0.2, 0) is 16.2 Å². The Balaban J connectivity index is 1.76. The molecule has 1 saturated heterocycles. The molecule has 0 saturated carbocycles. The SMILES string of the molecule is Cc1cccnc1C(=O)N1CCN(S(=O)(=O)c2ccc(C(F)(F)F)cc2)[C@@H](C)C1. The summed E-state index contributed by atoms with van der Waals surface area (Å²) in [5, 5.41) is 0. The lowest BCUT2D eigenvalue weighted by molar-refractivity contribution is -0.137. The fourth-order valence-electron chi connectivity index (χ4n) is 3.29. The highest BCUT2D eigenvalue weighted by Crippen LogP contribution is 2.30. The van der Waals surface area contributed by atoms with Crippen molar-refractivity contribution in [3.05, 3.63) is 59.4 Å². The predicted octanol–water partition coefficient (Wildman–Crippen LogP) is 2.94. The molecule has 0 aliphatic carbocycles. The summed E-state index contributed by atoms with van der Waals surface area (Å²) in [7, 11) is -3.98. The van der Waals surface area contributed by atoms with Gasteiger partial charge in [0.15, 0.2) is 0 Å². The van der Waals surface area contributed by atoms with Crippen molar-refractivity contribution in [2.45, 2.75) is 31.0 Å². The van der Waals surface area contributed by atoms with Crippen molar-refractivity contribution in [3.8, 4) is 0 Å². The Labute approximate surface area is 167 Å². The van der Waals surface area contributed by atoms with Crippen molar-refractivity contribution in [1.82, 2.24) is 14.2 Å². The highest BCUT2D eigenvalue weighted by atomic mass is 32.2. The van der Waals surface area contributed by atoms with E-state index < -0.39 is 27.8 Å². The molecular formula is C19H20F3N3O3S. The molecule has 2 aromatic rings. The summed E-state index contributed by atoms with van der Waals surface area (Å²) < 4.78 is 65.1. The molecule has 0 spiro atoms. The molecule has 0 N–H and O–H groups in total. The molecular weight excluding hydrogens is 407 g/mol. The Hall–Kier alpha value is -2.46. The van der Waals surface area contributed by atoms with E-state index >= 15 is 0 Å². The zero-order chi connectivity index (χ0) is 21.4. The Bertz CT molecular complexity index is 1010. The molecule has 6 nitrogen and oxygen atoms in total. The number of halogens is 3. The third-order valence-electron chi connectivity index (χ3n) is 4.85. The highest BCUT2D eigenvalue weighted by molar-refractivity contribution is 7.89. The number of amides is 1. The molecule has 1 aliphatic heterocycles. The van der Waals surface area contributed by atoms with Crippen LogP contribution in [0.1, 0.15) is 28.5 Å². The van der Waals surface area contributed by atoms with Crippen molar-refractivity contribution in [3.63, 3.8) is 0 Å². The first-order valence-electron chi connectivity index (χ1n) is 8.92. The van der Waals surface area contributed by atoms with E-state index in [0.717, 1.165) is 29.8 Å². The van der Waals surface area contributed by atoms with Gasteiger partial charge in [-0.15, -0.1) is 0 Å². The van der Waals surface area contributed by atoms with E-state index in [1.807, 2.05) is 0 Å². The fourth-order valence-corrected chi connectivity index (χ4v) is 4.91. The van der Waals surface area contributed by atoms with Gasteiger partial charge >= 0.3 is 6.18 Å². The number of carbonyl (C=O) groups excluding carboxylic acids is 1. The molecule has 1 aromatic carbocycles. The third-order valence-corrected chi connectivity index (χ3v) is 6.88. The molecule has 1 atom stereocenters. The second-order valence-corrected chi connectivity index (χ2v) is 8.80. The summed E-state index contributed by atoms with van der Waals surface area (Å²) in [6, 6.07) is 6.38. The number of carbonyl (C=O) groups is 1. The van der Waals surface area contributed by atoms with Crippen LogP contribution < -0.4 is 0 Å². The van der Waals surface area contributed by atoms with E-state index in [-0.39, 0.29) is 30.4 Å². The van der Waals surface area contributed by atoms with Crippen LogP contribution in [0.25, 0.3) is 0 Å². The minimum atomic E-state index is -4.54. The van der Waals surface area contributed by atoms with Gasteiger partial charge < -0.3 is 4.90 Å². The topological polar surface area (TPSA) is 70.6 Å². The minimum Gasteiger partial charge on any atom is -0.334 e. The molecule has 0 radical (unpaired) electrons. The van der Waals surface area contributed by atoms with Gasteiger partial charge in [-0.3, -0.25) is 9.78 Å². The lowest BCUT2D eigenvalue weighted by Crippen LogP contribution is -2.55. The number of hydrogen-bond donors (Lipinski definition) is 0. The fraction of sp³-hybridized carbons (Fsp3) is 0.368. The van der Waals surface area contributed by atoms with Crippen molar-refractivity contribution in [1.29, 1.82) is 0 Å². The van der Waals surface area contributed by atoms with E-state index in [4.69, 9.17) is 0 Å². The van der Waals surface area contributed by atoms with E-state index in [0.29, 0.717) is 5.69 Å². The summed E-state index contributed by atoms with van der Waals surface area (Å²) in [6.07, 6.45) is -3.01. The zero-order valence-corrected chi connectivity index (χ0v) is 16.7. The number of pyridine rings is 1. The van der Waals surface area contributed by atoms with Crippen molar-refractivity contribution in [2.75, 3.05) is 19.6 Å². The standard InChI is InChI=1S/C19H20F3N3O3S/c1-13-4-3-9-23-17(13)18(26)24-10-11-25(14(2)12-24)29(27,28)16-7-5-15(6-8-16)19(20,21)22/h3-9,14H,10-12H2,1-2H3/t14-/m0/s1. The number of sulfonamides is 1. The van der Waals surface area contributed by atoms with Gasteiger partial charge in [0, 0.05) is 31.9 Å². The van der Waals surface area contributed by atoms with Gasteiger partial charge in [-0.2, -0.15) is 17.5 Å². The number of rotatable bonds is 3. The zero-order valence-electron chi connectivity index (χ0n) is 15.8. The molecule has 1 aliphatic rings. The molecule has 2 heterocycles. The highest BCUT2D eigenvalue weighted by Gasteiger charge is 2.36.